The Morgan fingerprint density at radius 3 is 2.95 bits per heavy atom. The standard InChI is InChI=1S/C16H23N3/c1-16(2)14(8-9-17)6-4-10-19(16)15-7-3-5-13(11-15)12-18/h3,5,7,11,14H,4,6,8-10,17H2,1-2H3. The monoisotopic (exact) mass is 257 g/mol. The van der Waals surface area contributed by atoms with Gasteiger partial charge in [0.25, 0.3) is 0 Å². The third kappa shape index (κ3) is 2.74. The highest BCUT2D eigenvalue weighted by molar-refractivity contribution is 5.53. The Morgan fingerprint density at radius 1 is 1.47 bits per heavy atom. The van der Waals surface area contributed by atoms with Crippen molar-refractivity contribution < 1.29 is 0 Å². The number of hydrogen-bond donors (Lipinski definition) is 1. The van der Waals surface area contributed by atoms with Gasteiger partial charge in [0.05, 0.1) is 11.6 Å². The molecule has 0 radical (unpaired) electrons. The summed E-state index contributed by atoms with van der Waals surface area (Å²) in [5.74, 6) is 0.622. The summed E-state index contributed by atoms with van der Waals surface area (Å²) in [7, 11) is 0. The lowest BCUT2D eigenvalue weighted by Crippen LogP contribution is -2.54. The highest BCUT2D eigenvalue weighted by atomic mass is 15.2. The maximum absolute atomic E-state index is 9.04. The predicted molar refractivity (Wildman–Crippen MR) is 79.0 cm³/mol. The van der Waals surface area contributed by atoms with Gasteiger partial charge in [0.15, 0.2) is 0 Å². The molecule has 0 aromatic heterocycles. The zero-order valence-corrected chi connectivity index (χ0v) is 11.9. The van der Waals surface area contributed by atoms with E-state index in [1.165, 1.54) is 12.8 Å². The average molecular weight is 257 g/mol. The summed E-state index contributed by atoms with van der Waals surface area (Å²) in [5.41, 5.74) is 7.74. The average Bonchev–Trinajstić information content (AvgIpc) is 2.41. The van der Waals surface area contributed by atoms with Crippen LogP contribution in [0.25, 0.3) is 0 Å². The maximum atomic E-state index is 9.04. The number of anilines is 1. The number of nitrogens with two attached hydrogens (primary N) is 1. The van der Waals surface area contributed by atoms with E-state index in [9.17, 15) is 0 Å². The molecular weight excluding hydrogens is 234 g/mol. The van der Waals surface area contributed by atoms with Crippen LogP contribution in [-0.2, 0) is 0 Å². The number of hydrogen-bond acceptors (Lipinski definition) is 3. The van der Waals surface area contributed by atoms with Crippen molar-refractivity contribution in [3.8, 4) is 6.07 Å². The van der Waals surface area contributed by atoms with Gasteiger partial charge in [-0.05, 0) is 63.8 Å². The van der Waals surface area contributed by atoms with Gasteiger partial charge in [0, 0.05) is 17.8 Å². The van der Waals surface area contributed by atoms with Crippen LogP contribution in [-0.4, -0.2) is 18.6 Å². The minimum Gasteiger partial charge on any atom is -0.366 e. The Hall–Kier alpha value is -1.53. The van der Waals surface area contributed by atoms with Gasteiger partial charge in [-0.2, -0.15) is 5.26 Å². The largest absolute Gasteiger partial charge is 0.366 e. The van der Waals surface area contributed by atoms with Crippen LogP contribution < -0.4 is 10.6 Å². The van der Waals surface area contributed by atoms with Crippen molar-refractivity contribution in [2.45, 2.75) is 38.6 Å². The Morgan fingerprint density at radius 2 is 2.26 bits per heavy atom. The molecular formula is C16H23N3. The third-order valence-corrected chi connectivity index (χ3v) is 4.43. The van der Waals surface area contributed by atoms with Crippen LogP contribution in [0.4, 0.5) is 5.69 Å². The molecule has 0 saturated carbocycles. The summed E-state index contributed by atoms with van der Waals surface area (Å²) in [6, 6.07) is 10.1. The van der Waals surface area contributed by atoms with Crippen molar-refractivity contribution in [2.24, 2.45) is 11.7 Å². The lowest BCUT2D eigenvalue weighted by atomic mass is 9.77. The van der Waals surface area contributed by atoms with Crippen LogP contribution in [0.15, 0.2) is 24.3 Å². The van der Waals surface area contributed by atoms with Crippen LogP contribution >= 0.6 is 0 Å². The molecule has 1 fully saturated rings. The second kappa shape index (κ2) is 5.63. The molecule has 1 aromatic carbocycles. The van der Waals surface area contributed by atoms with Gasteiger partial charge in [-0.3, -0.25) is 0 Å². The Labute approximate surface area is 116 Å². The molecule has 102 valence electrons. The normalized spacial score (nSPS) is 22.0. The lowest BCUT2D eigenvalue weighted by Gasteiger charge is -2.49. The van der Waals surface area contributed by atoms with Crippen molar-refractivity contribution in [1.82, 2.24) is 0 Å². The fraction of sp³-hybridized carbons (Fsp3) is 0.562. The molecule has 1 aliphatic heterocycles. The number of nitriles is 1. The molecule has 0 aliphatic carbocycles. The molecule has 3 nitrogen and oxygen atoms in total. The van der Waals surface area contributed by atoms with Crippen LogP contribution in [0.1, 0.15) is 38.7 Å². The van der Waals surface area contributed by atoms with Gasteiger partial charge in [-0.15, -0.1) is 0 Å². The first-order chi connectivity index (χ1) is 9.09. The summed E-state index contributed by atoms with van der Waals surface area (Å²) >= 11 is 0. The Balaban J connectivity index is 2.29. The van der Waals surface area contributed by atoms with Gasteiger partial charge in [-0.1, -0.05) is 6.07 Å². The number of rotatable bonds is 3. The van der Waals surface area contributed by atoms with Crippen molar-refractivity contribution >= 4 is 5.69 Å². The summed E-state index contributed by atoms with van der Waals surface area (Å²) in [6.45, 7) is 6.40. The first-order valence-corrected chi connectivity index (χ1v) is 7.07. The molecule has 1 aromatic rings. The topological polar surface area (TPSA) is 53.0 Å². The molecule has 1 heterocycles. The molecule has 19 heavy (non-hydrogen) atoms. The summed E-state index contributed by atoms with van der Waals surface area (Å²) in [4.78, 5) is 2.44. The highest BCUT2D eigenvalue weighted by Gasteiger charge is 2.37. The summed E-state index contributed by atoms with van der Waals surface area (Å²) < 4.78 is 0. The predicted octanol–water partition coefficient (Wildman–Crippen LogP) is 2.90. The highest BCUT2D eigenvalue weighted by Crippen LogP contribution is 2.38. The molecule has 1 atom stereocenters. The van der Waals surface area contributed by atoms with Crippen LogP contribution in [0.5, 0.6) is 0 Å². The molecule has 2 rings (SSSR count). The maximum Gasteiger partial charge on any atom is 0.0992 e. The van der Waals surface area contributed by atoms with E-state index in [2.05, 4.69) is 30.9 Å². The van der Waals surface area contributed by atoms with Crippen molar-refractivity contribution in [2.75, 3.05) is 18.0 Å². The molecule has 0 bridgehead atoms. The zero-order valence-electron chi connectivity index (χ0n) is 11.9. The number of nitrogens with zero attached hydrogens (tertiary/aromatic N) is 2. The van der Waals surface area contributed by atoms with Crippen molar-refractivity contribution in [3.05, 3.63) is 29.8 Å². The summed E-state index contributed by atoms with van der Waals surface area (Å²) in [5, 5.41) is 9.04. The number of benzene rings is 1. The van der Waals surface area contributed by atoms with E-state index >= 15 is 0 Å². The molecule has 2 N–H and O–H groups in total. The van der Waals surface area contributed by atoms with Crippen molar-refractivity contribution in [3.63, 3.8) is 0 Å². The van der Waals surface area contributed by atoms with Gasteiger partial charge in [-0.25, -0.2) is 0 Å². The Bertz CT molecular complexity index is 471. The lowest BCUT2D eigenvalue weighted by molar-refractivity contribution is 0.227. The van der Waals surface area contributed by atoms with Crippen LogP contribution in [0.3, 0.4) is 0 Å². The van der Waals surface area contributed by atoms with E-state index < -0.39 is 0 Å². The molecule has 0 amide bonds. The Kier molecular flexibility index (Phi) is 4.11. The fourth-order valence-corrected chi connectivity index (χ4v) is 3.26. The second-order valence-corrected chi connectivity index (χ2v) is 5.88. The van der Waals surface area contributed by atoms with E-state index in [0.29, 0.717) is 5.92 Å². The summed E-state index contributed by atoms with van der Waals surface area (Å²) in [6.07, 6.45) is 3.52. The quantitative estimate of drug-likeness (QED) is 0.906. The van der Waals surface area contributed by atoms with Gasteiger partial charge in [0.2, 0.25) is 0 Å². The fourth-order valence-electron chi connectivity index (χ4n) is 3.26. The molecule has 1 unspecified atom stereocenters. The minimum atomic E-state index is 0.103. The van der Waals surface area contributed by atoms with E-state index in [0.717, 1.165) is 30.8 Å². The second-order valence-electron chi connectivity index (χ2n) is 5.88. The molecule has 1 aliphatic rings. The molecule has 0 spiro atoms. The van der Waals surface area contributed by atoms with Crippen LogP contribution in [0, 0.1) is 17.2 Å². The minimum absolute atomic E-state index is 0.103. The van der Waals surface area contributed by atoms with Crippen LogP contribution in [0.2, 0.25) is 0 Å². The smallest absolute Gasteiger partial charge is 0.0992 e. The third-order valence-electron chi connectivity index (χ3n) is 4.43. The van der Waals surface area contributed by atoms with Crippen molar-refractivity contribution in [1.29, 1.82) is 5.26 Å². The van der Waals surface area contributed by atoms with Gasteiger partial charge < -0.3 is 10.6 Å². The first kappa shape index (κ1) is 13.9. The van der Waals surface area contributed by atoms with E-state index in [-0.39, 0.29) is 5.54 Å². The van der Waals surface area contributed by atoms with E-state index in [1.807, 2.05) is 18.2 Å². The zero-order chi connectivity index (χ0) is 13.9. The van der Waals surface area contributed by atoms with E-state index in [1.54, 1.807) is 0 Å². The molecule has 3 heteroatoms. The van der Waals surface area contributed by atoms with E-state index in [4.69, 9.17) is 11.0 Å². The number of piperidine rings is 1. The first-order valence-electron chi connectivity index (χ1n) is 7.07. The van der Waals surface area contributed by atoms with Gasteiger partial charge >= 0.3 is 0 Å². The van der Waals surface area contributed by atoms with Gasteiger partial charge in [0.1, 0.15) is 0 Å². The SMILES string of the molecule is CC1(C)C(CCN)CCCN1c1cccc(C#N)c1. The molecule has 1 saturated heterocycles.